The van der Waals surface area contributed by atoms with Crippen molar-refractivity contribution < 1.29 is 171 Å². The number of hydrogen-bond acceptors (Lipinski definition) is 26. The molecule has 0 amide bonds. The summed E-state index contributed by atoms with van der Waals surface area (Å²) < 4.78 is 298. The Morgan fingerprint density at radius 2 is 0.420 bits per heavy atom. The first-order valence-corrected chi connectivity index (χ1v) is 36.1. The highest BCUT2D eigenvalue weighted by Crippen LogP contribution is 2.51. The number of aliphatic hydroxyl groups excluding tert-OH is 16. The highest BCUT2D eigenvalue weighted by atomic mass is 32.2. The van der Waals surface area contributed by atoms with Gasteiger partial charge < -0.3 is 111 Å². The molecule has 13 rings (SSSR count). The third kappa shape index (κ3) is 14.0. The second kappa shape index (κ2) is 32.2. The fraction of sp³-hybridized carbons (Fsp3) is 0.353. The molecule has 7 aromatic rings. The maximum atomic E-state index is 17.6. The van der Waals surface area contributed by atoms with Gasteiger partial charge in [0.1, 0.15) is 119 Å². The molecule has 6 aliphatic heterocycles. The van der Waals surface area contributed by atoms with Crippen LogP contribution in [0.4, 0.5) is 70.2 Å². The van der Waals surface area contributed by atoms with E-state index in [0.717, 1.165) is 0 Å². The number of aliphatic hydroxyl groups is 16. The fourth-order valence-corrected chi connectivity index (χ4v) is 17.6. The topological polar surface area (TPSA) is 418 Å². The monoisotopic (exact) mass is 1680 g/mol. The number of thioether (sulfide) groups is 4. The zero-order chi connectivity index (χ0) is 81.3. The van der Waals surface area contributed by atoms with Gasteiger partial charge in [0.2, 0.25) is 0 Å². The van der Waals surface area contributed by atoms with Crippen LogP contribution in [0.25, 0.3) is 90.9 Å². The van der Waals surface area contributed by atoms with E-state index in [1.54, 1.807) is 0 Å². The third-order valence-electron chi connectivity index (χ3n) is 19.0. The third-order valence-corrected chi connectivity index (χ3v) is 23.8. The first kappa shape index (κ1) is 82.9. The number of aromatic nitrogens is 4. The summed E-state index contributed by atoms with van der Waals surface area (Å²) in [5, 5.41) is 166. The molecule has 0 radical (unpaired) electrons. The Balaban J connectivity index is 1.13. The number of nitrogens with one attached hydrogen (secondary N) is 2. The summed E-state index contributed by atoms with van der Waals surface area (Å²) in [6, 6.07) is 2.47. The number of nitrogens with zero attached hydrogens (tertiary/aromatic N) is 2. The molecule has 9 heterocycles. The summed E-state index contributed by atoms with van der Waals surface area (Å²) in [5.41, 5.74) is -30.4. The molecule has 20 atom stereocenters. The van der Waals surface area contributed by atoms with Crippen LogP contribution in [0.5, 0.6) is 0 Å². The van der Waals surface area contributed by atoms with Crippen molar-refractivity contribution in [1.29, 1.82) is 0 Å². The van der Waals surface area contributed by atoms with Crippen molar-refractivity contribution in [2.24, 2.45) is 0 Å². The van der Waals surface area contributed by atoms with Gasteiger partial charge >= 0.3 is 0 Å². The van der Waals surface area contributed by atoms with E-state index in [0.29, 0.717) is 48.6 Å². The van der Waals surface area contributed by atoms with Gasteiger partial charge in [0.05, 0.1) is 91.0 Å². The van der Waals surface area contributed by atoms with Gasteiger partial charge in [-0.2, -0.15) is 0 Å². The molecule has 9 unspecified atom stereocenters. The number of rotatable bonds is 16. The average Bonchev–Trinajstić information content (AvgIpc) is 1.48. The summed E-state index contributed by atoms with van der Waals surface area (Å²) >= 11 is -1.48. The minimum atomic E-state index is -2.49. The normalized spacial score (nSPS) is 28.8. The first-order chi connectivity index (χ1) is 53.0. The van der Waals surface area contributed by atoms with Crippen molar-refractivity contribution in [2.75, 3.05) is 26.4 Å². The van der Waals surface area contributed by atoms with Crippen LogP contribution >= 0.6 is 47.0 Å². The summed E-state index contributed by atoms with van der Waals surface area (Å²) in [7, 11) is 0. The van der Waals surface area contributed by atoms with Gasteiger partial charge in [0.15, 0.2) is 93.1 Å². The van der Waals surface area contributed by atoms with Crippen molar-refractivity contribution in [3.05, 3.63) is 140 Å². The molecule has 6 aliphatic rings. The van der Waals surface area contributed by atoms with E-state index in [4.69, 9.17) is 18.9 Å². The summed E-state index contributed by atoms with van der Waals surface area (Å²) in [5.74, 6) is -39.3. The zero-order valence-electron chi connectivity index (χ0n) is 55.4. The maximum Gasteiger partial charge on any atom is 0.176 e. The highest BCUT2D eigenvalue weighted by molar-refractivity contribution is 8.00. The molecule has 24 nitrogen and oxygen atoms in total. The number of aromatic amines is 2. The quantitative estimate of drug-likeness (QED) is 0.0441. The largest absolute Gasteiger partial charge is 0.394 e. The van der Waals surface area contributed by atoms with E-state index in [1.165, 1.54) is 0 Å². The van der Waals surface area contributed by atoms with Gasteiger partial charge in [-0.15, -0.1) is 0 Å². The van der Waals surface area contributed by atoms with Crippen molar-refractivity contribution in [1.82, 2.24) is 19.9 Å². The van der Waals surface area contributed by atoms with E-state index in [2.05, 4.69) is 19.9 Å². The van der Waals surface area contributed by atoms with E-state index in [-0.39, 0.29) is 47.0 Å². The number of ether oxygens (including phenoxy) is 4. The first-order valence-electron chi connectivity index (χ1n) is 32.5. The Kier molecular flexibility index (Phi) is 23.9. The van der Waals surface area contributed by atoms with Crippen molar-refractivity contribution >= 4 is 93.4 Å². The van der Waals surface area contributed by atoms with Crippen LogP contribution in [0.2, 0.25) is 0 Å². The van der Waals surface area contributed by atoms with Crippen molar-refractivity contribution in [3.63, 3.8) is 0 Å². The standard InChI is InChI=1S/C68H54F16N4O20S4/c69-33-29(34(70)42(78)61(41(33)77)109-65-57(101)53(97)49(93)21(9-89)105-65)25-13-1-2-14(85-13)26(30-35(71)43(79)62(44(80)36(30)72)110-66-58(102)54(98)50(94)22(10-90)106-66)16-5-6-18(87-16)28(32-39(75)47(83)64(48(84)40(32)76)112-68-60(104)56(100)52(96)24(12-92)108-68)20-8-7-19(88-20)27(17-4-3-15(25)86-17)31-37(73)45(81)63(46(82)38(31)74)111-67-59(103)55(99)51(95)23(11-91)107-67/h1-8,21-24,49-60,65-68,85,88-104H,9-12H2/t21?,22?,23?,24?,49-,50+,51-,52?,53+,54-,55+,56+,57?,58?,59?,60?,65+,66-,67+,68+/m1/s1. The van der Waals surface area contributed by atoms with E-state index in [9.17, 15) is 81.7 Å². The lowest BCUT2D eigenvalue weighted by molar-refractivity contribution is -0.205. The molecule has 8 bridgehead atoms. The van der Waals surface area contributed by atoms with Gasteiger partial charge in [-0.25, -0.2) is 80.2 Å². The van der Waals surface area contributed by atoms with Gasteiger partial charge in [0, 0.05) is 44.3 Å². The number of H-pyrrole nitrogens is 2. The van der Waals surface area contributed by atoms with Crippen molar-refractivity contribution in [2.45, 2.75) is 139 Å². The number of halogens is 16. The lowest BCUT2D eigenvalue weighted by Gasteiger charge is -2.39. The van der Waals surface area contributed by atoms with Crippen LogP contribution < -0.4 is 0 Å². The molecule has 4 fully saturated rings. The van der Waals surface area contributed by atoms with E-state index < -0.39 is 348 Å². The van der Waals surface area contributed by atoms with Gasteiger partial charge in [-0.05, 0) is 48.6 Å². The number of hydrogen-bond donors (Lipinski definition) is 18. The van der Waals surface area contributed by atoms with Crippen LogP contribution in [0, 0.1) is 93.1 Å². The Hall–Kier alpha value is -7.04. The molecular weight excluding hydrogens is 1620 g/mol. The Bertz CT molecular complexity index is 4440. The number of benzene rings is 4. The Morgan fingerprint density at radius 1 is 0.250 bits per heavy atom. The lowest BCUT2D eigenvalue weighted by atomic mass is 10.0. The summed E-state index contributed by atoms with van der Waals surface area (Å²) in [4.78, 5) is 6.27. The Labute approximate surface area is 631 Å². The Morgan fingerprint density at radius 3 is 0.580 bits per heavy atom. The van der Waals surface area contributed by atoms with E-state index >= 15 is 70.2 Å². The molecule has 44 heteroatoms. The molecule has 112 heavy (non-hydrogen) atoms. The molecule has 4 saturated heterocycles. The van der Waals surface area contributed by atoms with Crippen molar-refractivity contribution in [3.8, 4) is 44.5 Å². The van der Waals surface area contributed by atoms with Gasteiger partial charge in [-0.3, -0.25) is 0 Å². The maximum absolute atomic E-state index is 17.6. The van der Waals surface area contributed by atoms with Gasteiger partial charge in [-0.1, -0.05) is 47.0 Å². The zero-order valence-corrected chi connectivity index (χ0v) is 58.6. The SMILES string of the molecule is OCC1O[C@@H](Sc2c(F)c(F)c(-c3c4nc(c(-c5c(F)c(F)c(S[C@H]6OC(CO)[C@H](O)[C@@H](O)C6O)c(F)c5F)c5ccc([nH]5)c(-c5c(F)c(F)c(S[C@@H]6OC(CO)[C@@H](O)[C@H](O)C6O)c(F)c5F)c5nc(c(-c6c(F)c(F)c(S[C@@H]7OC(CO)[C@@H](O)[C@H](O)C7O)c(F)c6F)c6ccc3[nH]6)C=C5)C=C4)c(F)c2F)C(O)[C@@H](O)C1O. The summed E-state index contributed by atoms with van der Waals surface area (Å²) in [6.45, 7) is -4.55. The molecule has 0 spiro atoms. The van der Waals surface area contributed by atoms with Crippen LogP contribution in [0.15, 0.2) is 43.8 Å². The molecule has 4 aromatic carbocycles. The fourth-order valence-electron chi connectivity index (χ4n) is 13.1. The second-order valence-electron chi connectivity index (χ2n) is 25.6. The number of fused-ring (bicyclic) bond motifs is 8. The van der Waals surface area contributed by atoms with Gasteiger partial charge in [0.25, 0.3) is 0 Å². The molecule has 602 valence electrons. The smallest absolute Gasteiger partial charge is 0.176 e. The molecule has 0 saturated carbocycles. The minimum absolute atomic E-state index is 0.371. The minimum Gasteiger partial charge on any atom is -0.394 e. The average molecular weight is 1680 g/mol. The van der Waals surface area contributed by atoms with Crippen LogP contribution in [0.1, 0.15) is 22.8 Å². The lowest BCUT2D eigenvalue weighted by Crippen LogP contribution is -2.57. The molecule has 0 aliphatic carbocycles. The molecule has 18 N–H and O–H groups in total. The predicted octanol–water partition coefficient (Wildman–Crippen LogP) is 5.12. The van der Waals surface area contributed by atoms with Crippen LogP contribution in [-0.4, -0.2) is 247 Å². The van der Waals surface area contributed by atoms with Crippen LogP contribution in [0.3, 0.4) is 0 Å². The van der Waals surface area contributed by atoms with Crippen LogP contribution in [-0.2, 0) is 18.9 Å². The highest BCUT2D eigenvalue weighted by Gasteiger charge is 2.50. The predicted molar refractivity (Wildman–Crippen MR) is 358 cm³/mol. The van der Waals surface area contributed by atoms with E-state index in [1.807, 2.05) is 0 Å². The molecular formula is C68H54F16N4O20S4. The second-order valence-corrected chi connectivity index (χ2v) is 30.0. The molecule has 3 aromatic heterocycles. The summed E-state index contributed by atoms with van der Waals surface area (Å²) in [6.07, 6.45) is -31.7.